The normalized spacial score (nSPS) is 10.9. The van der Waals surface area contributed by atoms with Gasteiger partial charge in [-0.25, -0.2) is 8.78 Å². The Hall–Kier alpha value is -4.44. The van der Waals surface area contributed by atoms with Crippen molar-refractivity contribution in [3.63, 3.8) is 0 Å². The Bertz CT molecular complexity index is 1280. The van der Waals surface area contributed by atoms with Crippen molar-refractivity contribution in [2.24, 2.45) is 0 Å². The number of rotatable bonds is 10. The van der Waals surface area contributed by atoms with Crippen LogP contribution in [0.25, 0.3) is 6.08 Å². The van der Waals surface area contributed by atoms with E-state index in [0.717, 1.165) is 0 Å². The van der Waals surface area contributed by atoms with Gasteiger partial charge in [0.05, 0.1) is 6.61 Å². The number of nitriles is 1. The SMILES string of the molecule is C=CCc1cc(/C=C(\C#N)C(=O)Nc2ccc(F)cc2)cc(OCC)c1OCc1ccccc1F. The van der Waals surface area contributed by atoms with Crippen LogP contribution in [0.3, 0.4) is 0 Å². The molecule has 1 amide bonds. The van der Waals surface area contributed by atoms with Crippen LogP contribution in [0.1, 0.15) is 23.6 Å². The molecule has 0 saturated carbocycles. The van der Waals surface area contributed by atoms with Crippen molar-refractivity contribution in [3.8, 4) is 17.6 Å². The highest BCUT2D eigenvalue weighted by Gasteiger charge is 2.16. The van der Waals surface area contributed by atoms with Gasteiger partial charge in [-0.1, -0.05) is 24.3 Å². The van der Waals surface area contributed by atoms with Crippen molar-refractivity contribution >= 4 is 17.7 Å². The maximum absolute atomic E-state index is 14.1. The number of nitrogens with zero attached hydrogens (tertiary/aromatic N) is 1. The number of hydrogen-bond donors (Lipinski definition) is 1. The molecular formula is C28H24F2N2O3. The quantitative estimate of drug-likeness (QED) is 0.215. The second-order valence-electron chi connectivity index (χ2n) is 7.44. The third-order valence-electron chi connectivity index (χ3n) is 4.93. The number of halogens is 2. The maximum Gasteiger partial charge on any atom is 0.266 e. The monoisotopic (exact) mass is 474 g/mol. The van der Waals surface area contributed by atoms with Crippen LogP contribution in [0.15, 0.2) is 78.9 Å². The lowest BCUT2D eigenvalue weighted by Crippen LogP contribution is -2.13. The molecule has 0 aliphatic rings. The number of anilines is 1. The number of carbonyl (C=O) groups is 1. The highest BCUT2D eigenvalue weighted by molar-refractivity contribution is 6.09. The third kappa shape index (κ3) is 6.78. The van der Waals surface area contributed by atoms with E-state index < -0.39 is 11.7 Å². The highest BCUT2D eigenvalue weighted by Crippen LogP contribution is 2.35. The Morgan fingerprint density at radius 2 is 1.83 bits per heavy atom. The average Bonchev–Trinajstić information content (AvgIpc) is 2.84. The fourth-order valence-electron chi connectivity index (χ4n) is 3.31. The van der Waals surface area contributed by atoms with Gasteiger partial charge in [-0.05, 0) is 67.4 Å². The van der Waals surface area contributed by atoms with E-state index >= 15 is 0 Å². The minimum absolute atomic E-state index is 0.00437. The van der Waals surface area contributed by atoms with Crippen LogP contribution in [-0.4, -0.2) is 12.5 Å². The summed E-state index contributed by atoms with van der Waals surface area (Å²) in [6, 6.07) is 16.8. The van der Waals surface area contributed by atoms with Gasteiger partial charge in [0.1, 0.15) is 29.9 Å². The fraction of sp³-hybridized carbons (Fsp3) is 0.143. The average molecular weight is 475 g/mol. The molecule has 0 fully saturated rings. The Balaban J connectivity index is 1.93. The lowest BCUT2D eigenvalue weighted by atomic mass is 10.0. The van der Waals surface area contributed by atoms with E-state index in [2.05, 4.69) is 11.9 Å². The molecule has 0 heterocycles. The zero-order chi connectivity index (χ0) is 25.2. The standard InChI is InChI=1S/C28H24F2N2O3/c1-3-7-20-14-19(15-22(17-31)28(33)32-24-12-10-23(29)11-13-24)16-26(34-4-2)27(20)35-18-21-8-5-6-9-25(21)30/h3,5-6,8-16H,1,4,7,18H2,2H3,(H,32,33)/b22-15+. The summed E-state index contributed by atoms with van der Waals surface area (Å²) in [5, 5.41) is 12.1. The van der Waals surface area contributed by atoms with Crippen molar-refractivity contribution in [2.45, 2.75) is 20.0 Å². The summed E-state index contributed by atoms with van der Waals surface area (Å²) in [4.78, 5) is 12.6. The number of nitrogens with one attached hydrogen (secondary N) is 1. The summed E-state index contributed by atoms with van der Waals surface area (Å²) >= 11 is 0. The Morgan fingerprint density at radius 3 is 2.49 bits per heavy atom. The topological polar surface area (TPSA) is 71.4 Å². The molecule has 178 valence electrons. The van der Waals surface area contributed by atoms with E-state index in [0.29, 0.717) is 46.9 Å². The van der Waals surface area contributed by atoms with E-state index in [1.165, 1.54) is 36.4 Å². The predicted molar refractivity (Wildman–Crippen MR) is 131 cm³/mol. The summed E-state index contributed by atoms with van der Waals surface area (Å²) in [6.45, 7) is 5.93. The molecule has 0 unspecified atom stereocenters. The summed E-state index contributed by atoms with van der Waals surface area (Å²) in [7, 11) is 0. The Labute approximate surface area is 202 Å². The van der Waals surface area contributed by atoms with Gasteiger partial charge in [0.15, 0.2) is 11.5 Å². The molecule has 5 nitrogen and oxygen atoms in total. The van der Waals surface area contributed by atoms with Crippen LogP contribution in [0, 0.1) is 23.0 Å². The number of hydrogen-bond acceptors (Lipinski definition) is 4. The smallest absolute Gasteiger partial charge is 0.266 e. The van der Waals surface area contributed by atoms with Gasteiger partial charge in [0.2, 0.25) is 0 Å². The first kappa shape index (κ1) is 25.2. The molecule has 0 atom stereocenters. The molecule has 3 aromatic rings. The molecule has 0 saturated heterocycles. The first-order valence-corrected chi connectivity index (χ1v) is 10.9. The number of carbonyl (C=O) groups excluding carboxylic acids is 1. The van der Waals surface area contributed by atoms with Gasteiger partial charge in [0, 0.05) is 16.8 Å². The number of amides is 1. The molecular weight excluding hydrogens is 450 g/mol. The maximum atomic E-state index is 14.1. The minimum atomic E-state index is -0.637. The molecule has 0 spiro atoms. The molecule has 7 heteroatoms. The van der Waals surface area contributed by atoms with E-state index in [1.807, 2.05) is 13.0 Å². The van der Waals surface area contributed by atoms with Crippen LogP contribution in [0.4, 0.5) is 14.5 Å². The summed E-state index contributed by atoms with van der Waals surface area (Å²) in [5.74, 6) is -0.620. The highest BCUT2D eigenvalue weighted by atomic mass is 19.1. The first-order valence-electron chi connectivity index (χ1n) is 10.9. The van der Waals surface area contributed by atoms with Crippen molar-refractivity contribution in [1.29, 1.82) is 5.26 Å². The second-order valence-corrected chi connectivity index (χ2v) is 7.44. The molecule has 0 bridgehead atoms. The summed E-state index contributed by atoms with van der Waals surface area (Å²) in [5.41, 5.74) is 1.84. The van der Waals surface area contributed by atoms with Gasteiger partial charge >= 0.3 is 0 Å². The molecule has 0 aliphatic heterocycles. The van der Waals surface area contributed by atoms with E-state index in [-0.39, 0.29) is 18.0 Å². The number of benzene rings is 3. The molecule has 35 heavy (non-hydrogen) atoms. The molecule has 0 radical (unpaired) electrons. The van der Waals surface area contributed by atoms with Crippen molar-refractivity contribution < 1.29 is 23.0 Å². The number of allylic oxidation sites excluding steroid dienone is 1. The predicted octanol–water partition coefficient (Wildman–Crippen LogP) is 6.22. The van der Waals surface area contributed by atoms with Crippen LogP contribution >= 0.6 is 0 Å². The summed E-state index contributed by atoms with van der Waals surface area (Å²) in [6.07, 6.45) is 3.52. The molecule has 0 aromatic heterocycles. The fourth-order valence-corrected chi connectivity index (χ4v) is 3.31. The zero-order valence-electron chi connectivity index (χ0n) is 19.2. The van der Waals surface area contributed by atoms with Gasteiger partial charge in [-0.3, -0.25) is 4.79 Å². The van der Waals surface area contributed by atoms with E-state index in [9.17, 15) is 18.8 Å². The van der Waals surface area contributed by atoms with Crippen LogP contribution < -0.4 is 14.8 Å². The van der Waals surface area contributed by atoms with Crippen molar-refractivity contribution in [3.05, 3.63) is 107 Å². The van der Waals surface area contributed by atoms with Crippen molar-refractivity contribution in [1.82, 2.24) is 0 Å². The van der Waals surface area contributed by atoms with Crippen LogP contribution in [-0.2, 0) is 17.8 Å². The molecule has 0 aliphatic carbocycles. The Kier molecular flexibility index (Phi) is 8.74. The minimum Gasteiger partial charge on any atom is -0.490 e. The van der Waals surface area contributed by atoms with Gasteiger partial charge < -0.3 is 14.8 Å². The van der Waals surface area contributed by atoms with Gasteiger partial charge in [-0.15, -0.1) is 6.58 Å². The van der Waals surface area contributed by atoms with Crippen LogP contribution in [0.5, 0.6) is 11.5 Å². The van der Waals surface area contributed by atoms with E-state index in [4.69, 9.17) is 9.47 Å². The molecule has 3 aromatic carbocycles. The number of ether oxygens (including phenoxy) is 2. The molecule has 1 N–H and O–H groups in total. The second kappa shape index (κ2) is 12.1. The Morgan fingerprint density at radius 1 is 1.09 bits per heavy atom. The first-order chi connectivity index (χ1) is 16.9. The molecule has 3 rings (SSSR count). The largest absolute Gasteiger partial charge is 0.490 e. The lowest BCUT2D eigenvalue weighted by molar-refractivity contribution is -0.112. The third-order valence-corrected chi connectivity index (χ3v) is 4.93. The van der Waals surface area contributed by atoms with Crippen LogP contribution in [0.2, 0.25) is 0 Å². The van der Waals surface area contributed by atoms with Gasteiger partial charge in [0.25, 0.3) is 5.91 Å². The summed E-state index contributed by atoms with van der Waals surface area (Å²) < 4.78 is 38.9. The zero-order valence-corrected chi connectivity index (χ0v) is 19.2. The lowest BCUT2D eigenvalue weighted by Gasteiger charge is -2.17. The van der Waals surface area contributed by atoms with E-state index in [1.54, 1.807) is 36.4 Å². The van der Waals surface area contributed by atoms with Crippen molar-refractivity contribution in [2.75, 3.05) is 11.9 Å². The van der Waals surface area contributed by atoms with Gasteiger partial charge in [-0.2, -0.15) is 5.26 Å².